The van der Waals surface area contributed by atoms with Gasteiger partial charge in [0.15, 0.2) is 0 Å². The van der Waals surface area contributed by atoms with Gasteiger partial charge in [-0.1, -0.05) is 0 Å². The lowest BCUT2D eigenvalue weighted by atomic mass is 10.1. The van der Waals surface area contributed by atoms with E-state index in [1.54, 1.807) is 6.07 Å². The molecule has 0 aliphatic heterocycles. The molecular formula is C11H6F4O2. The highest BCUT2D eigenvalue weighted by Crippen LogP contribution is 2.29. The summed E-state index contributed by atoms with van der Waals surface area (Å²) in [6.45, 7) is 0. The van der Waals surface area contributed by atoms with E-state index in [1.165, 1.54) is 12.3 Å². The molecule has 1 heterocycles. The van der Waals surface area contributed by atoms with Gasteiger partial charge in [0, 0.05) is 6.07 Å². The lowest BCUT2D eigenvalue weighted by molar-refractivity contribution is -0.274. The summed E-state index contributed by atoms with van der Waals surface area (Å²) in [7, 11) is 0. The molecule has 0 N–H and O–H groups in total. The monoisotopic (exact) mass is 246 g/mol. The van der Waals surface area contributed by atoms with Crippen LogP contribution in [0.3, 0.4) is 0 Å². The van der Waals surface area contributed by atoms with Crippen LogP contribution in [0.15, 0.2) is 41.0 Å². The van der Waals surface area contributed by atoms with E-state index in [0.717, 1.165) is 12.1 Å². The molecule has 2 aromatic rings. The van der Waals surface area contributed by atoms with E-state index < -0.39 is 17.9 Å². The molecule has 0 radical (unpaired) electrons. The van der Waals surface area contributed by atoms with Crippen molar-refractivity contribution >= 4 is 0 Å². The van der Waals surface area contributed by atoms with Crippen LogP contribution in [-0.4, -0.2) is 6.36 Å². The predicted molar refractivity (Wildman–Crippen MR) is 50.8 cm³/mol. The van der Waals surface area contributed by atoms with Crippen LogP contribution >= 0.6 is 0 Å². The molecule has 0 atom stereocenters. The van der Waals surface area contributed by atoms with Crippen LogP contribution in [0.4, 0.5) is 17.6 Å². The molecule has 2 rings (SSSR count). The van der Waals surface area contributed by atoms with Crippen LogP contribution in [0.1, 0.15) is 0 Å². The van der Waals surface area contributed by atoms with E-state index in [2.05, 4.69) is 4.74 Å². The van der Waals surface area contributed by atoms with Gasteiger partial charge in [0.25, 0.3) is 0 Å². The Labute approximate surface area is 93.4 Å². The van der Waals surface area contributed by atoms with Gasteiger partial charge in [-0.3, -0.25) is 0 Å². The molecule has 90 valence electrons. The van der Waals surface area contributed by atoms with Crippen molar-refractivity contribution in [3.8, 4) is 17.1 Å². The van der Waals surface area contributed by atoms with Crippen LogP contribution < -0.4 is 4.74 Å². The second-order valence-corrected chi connectivity index (χ2v) is 3.17. The summed E-state index contributed by atoms with van der Waals surface area (Å²) in [4.78, 5) is 0. The molecule has 0 fully saturated rings. The Morgan fingerprint density at radius 3 is 2.41 bits per heavy atom. The van der Waals surface area contributed by atoms with Crippen LogP contribution in [0, 0.1) is 5.82 Å². The molecule has 0 bridgehead atoms. The SMILES string of the molecule is Fc1cc(OC(F)(F)F)ccc1-c1ccco1. The third-order valence-electron chi connectivity index (χ3n) is 1.96. The standard InChI is InChI=1S/C11H6F4O2/c12-9-6-7(17-11(13,14)15)3-4-8(9)10-2-1-5-16-10/h1-6H. The molecule has 0 amide bonds. The number of benzene rings is 1. The molecule has 1 aromatic carbocycles. The number of rotatable bonds is 2. The highest BCUT2D eigenvalue weighted by Gasteiger charge is 2.31. The van der Waals surface area contributed by atoms with E-state index >= 15 is 0 Å². The van der Waals surface area contributed by atoms with Crippen LogP contribution in [-0.2, 0) is 0 Å². The largest absolute Gasteiger partial charge is 0.573 e. The van der Waals surface area contributed by atoms with Gasteiger partial charge < -0.3 is 9.15 Å². The minimum Gasteiger partial charge on any atom is -0.464 e. The Bertz CT molecular complexity index is 503. The van der Waals surface area contributed by atoms with Gasteiger partial charge in [-0.15, -0.1) is 13.2 Å². The first kappa shape index (κ1) is 11.5. The molecule has 0 aliphatic rings. The summed E-state index contributed by atoms with van der Waals surface area (Å²) >= 11 is 0. The number of alkyl halides is 3. The third kappa shape index (κ3) is 2.77. The van der Waals surface area contributed by atoms with Gasteiger partial charge >= 0.3 is 6.36 Å². The molecule has 0 aliphatic carbocycles. The fraction of sp³-hybridized carbons (Fsp3) is 0.0909. The zero-order valence-electron chi connectivity index (χ0n) is 8.29. The van der Waals surface area contributed by atoms with E-state index in [-0.39, 0.29) is 11.3 Å². The molecule has 0 saturated heterocycles. The van der Waals surface area contributed by atoms with E-state index in [0.29, 0.717) is 6.07 Å². The Kier molecular flexibility index (Phi) is 2.79. The molecule has 0 spiro atoms. The molecule has 6 heteroatoms. The number of halogens is 4. The van der Waals surface area contributed by atoms with Gasteiger partial charge in [-0.25, -0.2) is 4.39 Å². The smallest absolute Gasteiger partial charge is 0.464 e. The minimum atomic E-state index is -4.83. The minimum absolute atomic E-state index is 0.0736. The number of ether oxygens (including phenoxy) is 1. The van der Waals surface area contributed by atoms with E-state index in [9.17, 15) is 17.6 Å². The average Bonchev–Trinajstić information content (AvgIpc) is 2.68. The topological polar surface area (TPSA) is 22.4 Å². The first-order valence-corrected chi connectivity index (χ1v) is 4.55. The van der Waals surface area contributed by atoms with Gasteiger partial charge in [0.05, 0.1) is 11.8 Å². The number of hydrogen-bond donors (Lipinski definition) is 0. The average molecular weight is 246 g/mol. The number of furan rings is 1. The Morgan fingerprint density at radius 1 is 1.12 bits per heavy atom. The van der Waals surface area contributed by atoms with Crippen molar-refractivity contribution in [2.45, 2.75) is 6.36 Å². The van der Waals surface area contributed by atoms with Gasteiger partial charge in [-0.2, -0.15) is 0 Å². The first-order valence-electron chi connectivity index (χ1n) is 4.55. The predicted octanol–water partition coefficient (Wildman–Crippen LogP) is 3.98. The van der Waals surface area contributed by atoms with Crippen molar-refractivity contribution in [1.82, 2.24) is 0 Å². The fourth-order valence-corrected chi connectivity index (χ4v) is 1.32. The van der Waals surface area contributed by atoms with Gasteiger partial charge in [-0.05, 0) is 24.3 Å². The summed E-state index contributed by atoms with van der Waals surface area (Å²) in [5, 5.41) is 0. The Hall–Kier alpha value is -1.98. The lowest BCUT2D eigenvalue weighted by Gasteiger charge is -2.09. The van der Waals surface area contributed by atoms with Gasteiger partial charge in [0.2, 0.25) is 0 Å². The molecule has 1 aromatic heterocycles. The molecule has 0 saturated carbocycles. The summed E-state index contributed by atoms with van der Waals surface area (Å²) in [6, 6.07) is 5.90. The second kappa shape index (κ2) is 4.12. The quantitative estimate of drug-likeness (QED) is 0.747. The van der Waals surface area contributed by atoms with E-state index in [1.807, 2.05) is 0 Å². The fourth-order valence-electron chi connectivity index (χ4n) is 1.32. The lowest BCUT2D eigenvalue weighted by Crippen LogP contribution is -2.17. The summed E-state index contributed by atoms with van der Waals surface area (Å²) in [6.07, 6.45) is -3.49. The highest BCUT2D eigenvalue weighted by atomic mass is 19.4. The van der Waals surface area contributed by atoms with Crippen molar-refractivity contribution in [3.05, 3.63) is 42.4 Å². The van der Waals surface area contributed by atoms with Crippen LogP contribution in [0.2, 0.25) is 0 Å². The molecular weight excluding hydrogens is 240 g/mol. The molecule has 0 unspecified atom stereocenters. The van der Waals surface area contributed by atoms with Crippen molar-refractivity contribution in [2.75, 3.05) is 0 Å². The summed E-state index contributed by atoms with van der Waals surface area (Å²) in [5.41, 5.74) is 0.0736. The maximum Gasteiger partial charge on any atom is 0.573 e. The van der Waals surface area contributed by atoms with Crippen LogP contribution in [0.5, 0.6) is 5.75 Å². The van der Waals surface area contributed by atoms with Crippen molar-refractivity contribution in [1.29, 1.82) is 0 Å². The molecule has 17 heavy (non-hydrogen) atoms. The normalized spacial score (nSPS) is 11.5. The first-order chi connectivity index (χ1) is 7.96. The van der Waals surface area contributed by atoms with Crippen molar-refractivity contribution in [3.63, 3.8) is 0 Å². The van der Waals surface area contributed by atoms with Crippen molar-refractivity contribution < 1.29 is 26.7 Å². The Morgan fingerprint density at radius 2 is 1.88 bits per heavy atom. The Balaban J connectivity index is 2.30. The maximum absolute atomic E-state index is 13.5. The molecule has 2 nitrogen and oxygen atoms in total. The maximum atomic E-state index is 13.5. The van der Waals surface area contributed by atoms with Gasteiger partial charge in [0.1, 0.15) is 17.3 Å². The third-order valence-corrected chi connectivity index (χ3v) is 1.96. The zero-order chi connectivity index (χ0) is 12.5. The summed E-state index contributed by atoms with van der Waals surface area (Å²) in [5.74, 6) is -1.21. The number of hydrogen-bond acceptors (Lipinski definition) is 2. The summed E-state index contributed by atoms with van der Waals surface area (Å²) < 4.78 is 57.7. The van der Waals surface area contributed by atoms with Crippen LogP contribution in [0.25, 0.3) is 11.3 Å². The second-order valence-electron chi connectivity index (χ2n) is 3.17. The zero-order valence-corrected chi connectivity index (χ0v) is 8.29. The van der Waals surface area contributed by atoms with E-state index in [4.69, 9.17) is 4.42 Å². The highest BCUT2D eigenvalue weighted by molar-refractivity contribution is 5.59. The van der Waals surface area contributed by atoms with Crippen molar-refractivity contribution in [2.24, 2.45) is 0 Å².